The molecule has 3 N–H and O–H groups in total. The number of aromatic nitrogens is 2. The van der Waals surface area contributed by atoms with E-state index in [-0.39, 0.29) is 5.56 Å². The molecule has 25 heavy (non-hydrogen) atoms. The van der Waals surface area contributed by atoms with Gasteiger partial charge in [-0.25, -0.2) is 9.18 Å². The summed E-state index contributed by atoms with van der Waals surface area (Å²) in [7, 11) is 0. The third-order valence-electron chi connectivity index (χ3n) is 4.42. The molecule has 2 atom stereocenters. The highest BCUT2D eigenvalue weighted by molar-refractivity contribution is 5.74. The van der Waals surface area contributed by atoms with Gasteiger partial charge in [-0.1, -0.05) is 0 Å². The van der Waals surface area contributed by atoms with Gasteiger partial charge in [0, 0.05) is 38.3 Å². The number of carbonyl (C=O) groups is 1. The first-order valence-corrected chi connectivity index (χ1v) is 7.99. The number of halogens is 1. The average Bonchev–Trinajstić information content (AvgIpc) is 2.56. The minimum atomic E-state index is -1.16. The number of likely N-dealkylation sites (tertiary alicyclic amines) is 1. The Labute approximate surface area is 142 Å². The molecule has 0 spiro atoms. The summed E-state index contributed by atoms with van der Waals surface area (Å²) in [6.07, 6.45) is -0.385. The van der Waals surface area contributed by atoms with E-state index in [1.54, 1.807) is 6.07 Å². The summed E-state index contributed by atoms with van der Waals surface area (Å²) in [4.78, 5) is 28.7. The third-order valence-corrected chi connectivity index (χ3v) is 4.42. The average molecular weight is 350 g/mol. The Hall–Kier alpha value is -2.52. The number of piperidine rings is 1. The standard InChI is InChI=1S/C16H19FN4O4/c17-10-7-13-11(18-8-10)1-2-15(23)21(13)6-5-20-4-3-12(14(22)9-20)19-16(24)25/h1-2,7-8,12,14,19,22H,3-6,9H2,(H,24,25)/t12-,14-/m1/s1. The van der Waals surface area contributed by atoms with Crippen LogP contribution in [0.5, 0.6) is 0 Å². The minimum Gasteiger partial charge on any atom is -0.465 e. The van der Waals surface area contributed by atoms with Gasteiger partial charge >= 0.3 is 6.09 Å². The van der Waals surface area contributed by atoms with Crippen molar-refractivity contribution in [2.45, 2.75) is 25.1 Å². The number of fused-ring (bicyclic) bond motifs is 1. The minimum absolute atomic E-state index is 0.247. The van der Waals surface area contributed by atoms with Crippen LogP contribution in [0.1, 0.15) is 6.42 Å². The van der Waals surface area contributed by atoms with Crippen LogP contribution in [0.3, 0.4) is 0 Å². The number of aliphatic hydroxyl groups excluding tert-OH is 1. The first-order valence-electron chi connectivity index (χ1n) is 7.99. The van der Waals surface area contributed by atoms with Crippen LogP contribution in [-0.4, -0.2) is 62.5 Å². The normalized spacial score (nSPS) is 21.4. The van der Waals surface area contributed by atoms with Crippen molar-refractivity contribution in [1.82, 2.24) is 19.8 Å². The molecule has 0 saturated carbocycles. The Morgan fingerprint density at radius 1 is 1.40 bits per heavy atom. The van der Waals surface area contributed by atoms with E-state index in [2.05, 4.69) is 10.3 Å². The predicted octanol–water partition coefficient (Wildman–Crippen LogP) is 0.238. The fourth-order valence-corrected chi connectivity index (χ4v) is 3.14. The quantitative estimate of drug-likeness (QED) is 0.729. The van der Waals surface area contributed by atoms with E-state index in [0.29, 0.717) is 43.6 Å². The van der Waals surface area contributed by atoms with Crippen molar-refractivity contribution in [1.29, 1.82) is 0 Å². The summed E-state index contributed by atoms with van der Waals surface area (Å²) in [5.41, 5.74) is 0.712. The van der Waals surface area contributed by atoms with Crippen molar-refractivity contribution in [3.8, 4) is 0 Å². The van der Waals surface area contributed by atoms with Gasteiger partial charge in [0.1, 0.15) is 5.82 Å². The van der Waals surface area contributed by atoms with Crippen LogP contribution in [0.15, 0.2) is 29.2 Å². The number of rotatable bonds is 4. The van der Waals surface area contributed by atoms with E-state index in [0.717, 1.165) is 6.20 Å². The number of carboxylic acid groups (broad SMARTS) is 1. The highest BCUT2D eigenvalue weighted by Gasteiger charge is 2.28. The molecule has 2 aromatic heterocycles. The molecule has 1 aliphatic heterocycles. The first kappa shape index (κ1) is 17.3. The SMILES string of the molecule is O=C(O)N[C@@H]1CCN(CCn2c(=O)ccc3ncc(F)cc32)C[C@H]1O. The second-order valence-corrected chi connectivity index (χ2v) is 6.09. The molecule has 0 unspecified atom stereocenters. The van der Waals surface area contributed by atoms with Crippen molar-refractivity contribution < 1.29 is 19.4 Å². The largest absolute Gasteiger partial charge is 0.465 e. The topological polar surface area (TPSA) is 108 Å². The van der Waals surface area contributed by atoms with Crippen LogP contribution in [0, 0.1) is 5.82 Å². The third kappa shape index (κ3) is 3.94. The van der Waals surface area contributed by atoms with Crippen molar-refractivity contribution in [3.05, 3.63) is 40.6 Å². The zero-order chi connectivity index (χ0) is 18.0. The van der Waals surface area contributed by atoms with Crippen molar-refractivity contribution >= 4 is 17.1 Å². The smallest absolute Gasteiger partial charge is 0.404 e. The van der Waals surface area contributed by atoms with Crippen LogP contribution in [0.25, 0.3) is 11.0 Å². The maximum atomic E-state index is 13.5. The second-order valence-electron chi connectivity index (χ2n) is 6.09. The van der Waals surface area contributed by atoms with Gasteiger partial charge in [-0.15, -0.1) is 0 Å². The van der Waals surface area contributed by atoms with Crippen molar-refractivity contribution in [3.63, 3.8) is 0 Å². The molecular weight excluding hydrogens is 331 g/mol. The number of nitrogens with zero attached hydrogens (tertiary/aromatic N) is 3. The molecule has 1 amide bonds. The summed E-state index contributed by atoms with van der Waals surface area (Å²) >= 11 is 0. The van der Waals surface area contributed by atoms with Gasteiger partial charge in [-0.2, -0.15) is 0 Å². The van der Waals surface area contributed by atoms with E-state index in [9.17, 15) is 19.1 Å². The number of amides is 1. The predicted molar refractivity (Wildman–Crippen MR) is 88.0 cm³/mol. The maximum absolute atomic E-state index is 13.5. The van der Waals surface area contributed by atoms with Crippen LogP contribution >= 0.6 is 0 Å². The van der Waals surface area contributed by atoms with Crippen molar-refractivity contribution in [2.75, 3.05) is 19.6 Å². The van der Waals surface area contributed by atoms with E-state index in [4.69, 9.17) is 5.11 Å². The summed E-state index contributed by atoms with van der Waals surface area (Å²) in [5.74, 6) is -0.511. The molecule has 1 fully saturated rings. The number of β-amino-alcohol motifs (C(OH)–C–C–N with tert-alkyl or cyclic N) is 1. The summed E-state index contributed by atoms with van der Waals surface area (Å²) in [5, 5.41) is 21.1. The van der Waals surface area contributed by atoms with E-state index >= 15 is 0 Å². The van der Waals surface area contributed by atoms with Gasteiger partial charge in [0.25, 0.3) is 5.56 Å². The Morgan fingerprint density at radius 3 is 2.92 bits per heavy atom. The monoisotopic (exact) mass is 350 g/mol. The van der Waals surface area contributed by atoms with Gasteiger partial charge < -0.3 is 20.1 Å². The number of nitrogens with one attached hydrogen (secondary N) is 1. The summed E-state index contributed by atoms with van der Waals surface area (Å²) < 4.78 is 14.9. The van der Waals surface area contributed by atoms with E-state index < -0.39 is 24.1 Å². The fourth-order valence-electron chi connectivity index (χ4n) is 3.14. The van der Waals surface area contributed by atoms with Crippen LogP contribution < -0.4 is 10.9 Å². The molecule has 1 saturated heterocycles. The zero-order valence-electron chi connectivity index (χ0n) is 13.4. The Bertz CT molecular complexity index is 840. The molecule has 8 nitrogen and oxygen atoms in total. The van der Waals surface area contributed by atoms with E-state index in [1.807, 2.05) is 4.90 Å². The molecule has 3 heterocycles. The second kappa shape index (κ2) is 7.16. The van der Waals surface area contributed by atoms with E-state index in [1.165, 1.54) is 16.7 Å². The molecule has 0 aliphatic carbocycles. The van der Waals surface area contributed by atoms with Gasteiger partial charge in [-0.05, 0) is 12.5 Å². The molecule has 0 aromatic carbocycles. The molecule has 2 aromatic rings. The zero-order valence-corrected chi connectivity index (χ0v) is 13.4. The molecule has 0 bridgehead atoms. The van der Waals surface area contributed by atoms with Gasteiger partial charge in [0.05, 0.1) is 29.4 Å². The van der Waals surface area contributed by atoms with Crippen molar-refractivity contribution in [2.24, 2.45) is 0 Å². The highest BCUT2D eigenvalue weighted by atomic mass is 19.1. The Kier molecular flexibility index (Phi) is 4.95. The number of aliphatic hydroxyl groups is 1. The maximum Gasteiger partial charge on any atom is 0.404 e. The lowest BCUT2D eigenvalue weighted by Gasteiger charge is -2.35. The first-order chi connectivity index (χ1) is 11.9. The summed E-state index contributed by atoms with van der Waals surface area (Å²) in [6.45, 7) is 1.70. The lowest BCUT2D eigenvalue weighted by Crippen LogP contribution is -2.54. The molecule has 1 aliphatic rings. The Morgan fingerprint density at radius 2 is 2.20 bits per heavy atom. The molecule has 3 rings (SSSR count). The molecule has 9 heteroatoms. The number of hydrogen-bond acceptors (Lipinski definition) is 5. The fraction of sp³-hybridized carbons (Fsp3) is 0.438. The number of hydrogen-bond donors (Lipinski definition) is 3. The van der Waals surface area contributed by atoms with Crippen LogP contribution in [-0.2, 0) is 6.54 Å². The lowest BCUT2D eigenvalue weighted by atomic mass is 10.0. The van der Waals surface area contributed by atoms with Crippen LogP contribution in [0.2, 0.25) is 0 Å². The van der Waals surface area contributed by atoms with Gasteiger partial charge in [-0.3, -0.25) is 14.7 Å². The summed E-state index contributed by atoms with van der Waals surface area (Å²) in [6, 6.07) is 3.74. The molecule has 0 radical (unpaired) electrons. The van der Waals surface area contributed by atoms with Crippen LogP contribution in [0.4, 0.5) is 9.18 Å². The lowest BCUT2D eigenvalue weighted by molar-refractivity contribution is 0.0394. The van der Waals surface area contributed by atoms with Gasteiger partial charge in [0.2, 0.25) is 0 Å². The highest BCUT2D eigenvalue weighted by Crippen LogP contribution is 2.13. The number of pyridine rings is 2. The molecular formula is C16H19FN4O4. The Balaban J connectivity index is 1.69. The molecule has 134 valence electrons. The van der Waals surface area contributed by atoms with Gasteiger partial charge in [0.15, 0.2) is 0 Å².